The van der Waals surface area contributed by atoms with Crippen LogP contribution < -0.4 is 10.2 Å². The van der Waals surface area contributed by atoms with Gasteiger partial charge in [0.15, 0.2) is 0 Å². The fourth-order valence-corrected chi connectivity index (χ4v) is 3.84. The Bertz CT molecular complexity index is 727. The van der Waals surface area contributed by atoms with Gasteiger partial charge in [-0.3, -0.25) is 4.79 Å². The SMILES string of the molecule is O=C(CSc1ccc(F)cc1F)N[C@H]1CC[NH+](Cc2ccccc2)C1. The van der Waals surface area contributed by atoms with Crippen LogP contribution in [0.5, 0.6) is 0 Å². The van der Waals surface area contributed by atoms with Gasteiger partial charge in [-0.25, -0.2) is 8.78 Å². The van der Waals surface area contributed by atoms with Crippen LogP contribution in [-0.2, 0) is 11.3 Å². The third kappa shape index (κ3) is 5.28. The number of benzene rings is 2. The molecule has 1 saturated heterocycles. The van der Waals surface area contributed by atoms with Gasteiger partial charge in [0.2, 0.25) is 5.91 Å². The molecule has 132 valence electrons. The molecule has 2 atom stereocenters. The van der Waals surface area contributed by atoms with Crippen LogP contribution >= 0.6 is 11.8 Å². The molecular weight excluding hydrogens is 342 g/mol. The van der Waals surface area contributed by atoms with E-state index in [4.69, 9.17) is 0 Å². The van der Waals surface area contributed by atoms with E-state index >= 15 is 0 Å². The second-order valence-electron chi connectivity index (χ2n) is 6.28. The van der Waals surface area contributed by atoms with Crippen molar-refractivity contribution in [3.63, 3.8) is 0 Å². The van der Waals surface area contributed by atoms with Crippen LogP contribution in [0.3, 0.4) is 0 Å². The second kappa shape index (κ2) is 8.45. The molecule has 1 unspecified atom stereocenters. The molecule has 1 fully saturated rings. The average molecular weight is 363 g/mol. The van der Waals surface area contributed by atoms with Gasteiger partial charge in [0.05, 0.1) is 24.9 Å². The smallest absolute Gasteiger partial charge is 0.230 e. The summed E-state index contributed by atoms with van der Waals surface area (Å²) in [7, 11) is 0. The van der Waals surface area contributed by atoms with E-state index in [9.17, 15) is 13.6 Å². The lowest BCUT2D eigenvalue weighted by Gasteiger charge is -2.14. The van der Waals surface area contributed by atoms with Gasteiger partial charge in [-0.15, -0.1) is 11.8 Å². The maximum Gasteiger partial charge on any atom is 0.230 e. The molecular formula is C19H21F2N2OS+. The molecule has 0 aliphatic carbocycles. The molecule has 1 amide bonds. The first-order chi connectivity index (χ1) is 12.1. The van der Waals surface area contributed by atoms with Gasteiger partial charge in [-0.05, 0) is 12.1 Å². The molecule has 25 heavy (non-hydrogen) atoms. The molecule has 0 radical (unpaired) electrons. The molecule has 1 heterocycles. The summed E-state index contributed by atoms with van der Waals surface area (Å²) in [4.78, 5) is 13.8. The summed E-state index contributed by atoms with van der Waals surface area (Å²) in [5.41, 5.74) is 1.30. The normalized spacial score (nSPS) is 19.8. The van der Waals surface area contributed by atoms with Crippen LogP contribution in [0.15, 0.2) is 53.4 Å². The number of carbonyl (C=O) groups excluding carboxylic acids is 1. The lowest BCUT2D eigenvalue weighted by atomic mass is 10.2. The van der Waals surface area contributed by atoms with Gasteiger partial charge in [0.1, 0.15) is 18.2 Å². The first-order valence-electron chi connectivity index (χ1n) is 8.35. The highest BCUT2D eigenvalue weighted by molar-refractivity contribution is 8.00. The summed E-state index contributed by atoms with van der Waals surface area (Å²) in [6.07, 6.45) is 0.948. The predicted molar refractivity (Wildman–Crippen MR) is 94.5 cm³/mol. The fraction of sp³-hybridized carbons (Fsp3) is 0.316. The van der Waals surface area contributed by atoms with E-state index in [-0.39, 0.29) is 17.7 Å². The van der Waals surface area contributed by atoms with E-state index in [1.54, 1.807) is 0 Å². The standard InChI is InChI=1S/C19H20F2N2OS/c20-15-6-7-18(17(21)10-15)25-13-19(24)22-16-8-9-23(12-16)11-14-4-2-1-3-5-14/h1-7,10,16H,8-9,11-13H2,(H,22,24)/p+1/t16-/m0/s1. The van der Waals surface area contributed by atoms with E-state index in [1.165, 1.54) is 22.6 Å². The number of carbonyl (C=O) groups is 1. The van der Waals surface area contributed by atoms with Crippen LogP contribution in [0.4, 0.5) is 8.78 Å². The van der Waals surface area contributed by atoms with Crippen molar-refractivity contribution >= 4 is 17.7 Å². The van der Waals surface area contributed by atoms with Crippen molar-refractivity contribution in [3.8, 4) is 0 Å². The number of likely N-dealkylation sites (tertiary alicyclic amines) is 1. The summed E-state index contributed by atoms with van der Waals surface area (Å²) in [6.45, 7) is 2.89. The summed E-state index contributed by atoms with van der Waals surface area (Å²) in [5.74, 6) is -1.22. The zero-order valence-corrected chi connectivity index (χ0v) is 14.6. The van der Waals surface area contributed by atoms with Gasteiger partial charge in [-0.1, -0.05) is 30.3 Å². The number of quaternary nitrogens is 1. The number of amides is 1. The highest BCUT2D eigenvalue weighted by atomic mass is 32.2. The lowest BCUT2D eigenvalue weighted by Crippen LogP contribution is -3.09. The second-order valence-corrected chi connectivity index (χ2v) is 7.30. The summed E-state index contributed by atoms with van der Waals surface area (Å²) < 4.78 is 26.4. The Labute approximate surface area is 150 Å². The van der Waals surface area contributed by atoms with Crippen molar-refractivity contribution < 1.29 is 18.5 Å². The number of rotatable bonds is 6. The maximum atomic E-state index is 13.6. The predicted octanol–water partition coefficient (Wildman–Crippen LogP) is 2.03. The summed E-state index contributed by atoms with van der Waals surface area (Å²) >= 11 is 1.09. The van der Waals surface area contributed by atoms with Crippen LogP contribution in [0, 0.1) is 11.6 Å². The molecule has 0 spiro atoms. The van der Waals surface area contributed by atoms with Crippen LogP contribution in [0.1, 0.15) is 12.0 Å². The minimum Gasteiger partial charge on any atom is -0.347 e. The zero-order valence-electron chi connectivity index (χ0n) is 13.8. The van der Waals surface area contributed by atoms with Crippen LogP contribution in [-0.4, -0.2) is 30.8 Å². The quantitative estimate of drug-likeness (QED) is 0.770. The van der Waals surface area contributed by atoms with Gasteiger partial charge >= 0.3 is 0 Å². The van der Waals surface area contributed by atoms with Gasteiger partial charge in [0, 0.05) is 22.9 Å². The monoisotopic (exact) mass is 363 g/mol. The van der Waals surface area contributed by atoms with E-state index in [2.05, 4.69) is 17.4 Å². The molecule has 1 aliphatic rings. The van der Waals surface area contributed by atoms with E-state index in [0.717, 1.165) is 43.9 Å². The van der Waals surface area contributed by atoms with Crippen molar-refractivity contribution in [1.82, 2.24) is 5.32 Å². The molecule has 0 aromatic heterocycles. The van der Waals surface area contributed by atoms with E-state index in [0.29, 0.717) is 4.90 Å². The van der Waals surface area contributed by atoms with E-state index in [1.807, 2.05) is 18.2 Å². The van der Waals surface area contributed by atoms with Crippen molar-refractivity contribution in [3.05, 3.63) is 65.7 Å². The lowest BCUT2D eigenvalue weighted by molar-refractivity contribution is -0.901. The van der Waals surface area contributed by atoms with Crippen LogP contribution in [0.2, 0.25) is 0 Å². The van der Waals surface area contributed by atoms with Gasteiger partial charge < -0.3 is 10.2 Å². The largest absolute Gasteiger partial charge is 0.347 e. The Morgan fingerprint density at radius 3 is 2.76 bits per heavy atom. The molecule has 3 nitrogen and oxygen atoms in total. The molecule has 3 rings (SSSR count). The summed E-state index contributed by atoms with van der Waals surface area (Å²) in [6, 6.07) is 13.9. The Morgan fingerprint density at radius 2 is 2.00 bits per heavy atom. The van der Waals surface area contributed by atoms with Crippen molar-refractivity contribution in [2.24, 2.45) is 0 Å². The maximum absolute atomic E-state index is 13.6. The Kier molecular flexibility index (Phi) is 6.04. The highest BCUT2D eigenvalue weighted by Crippen LogP contribution is 2.22. The van der Waals surface area contributed by atoms with Crippen molar-refractivity contribution in [2.45, 2.75) is 23.9 Å². The third-order valence-electron chi connectivity index (χ3n) is 4.30. The fourth-order valence-electron chi connectivity index (χ4n) is 3.10. The zero-order chi connectivity index (χ0) is 17.6. The van der Waals surface area contributed by atoms with Gasteiger partial charge in [-0.2, -0.15) is 0 Å². The highest BCUT2D eigenvalue weighted by Gasteiger charge is 2.27. The molecule has 0 saturated carbocycles. The first-order valence-corrected chi connectivity index (χ1v) is 9.33. The number of hydrogen-bond donors (Lipinski definition) is 2. The molecule has 2 aromatic rings. The topological polar surface area (TPSA) is 33.5 Å². The van der Waals surface area contributed by atoms with Gasteiger partial charge in [0.25, 0.3) is 0 Å². The number of thioether (sulfide) groups is 1. The first kappa shape index (κ1) is 17.9. The number of hydrogen-bond acceptors (Lipinski definition) is 2. The summed E-state index contributed by atoms with van der Waals surface area (Å²) in [5, 5.41) is 3.02. The van der Waals surface area contributed by atoms with Crippen molar-refractivity contribution in [2.75, 3.05) is 18.8 Å². The number of nitrogens with one attached hydrogen (secondary N) is 2. The van der Waals surface area contributed by atoms with Crippen molar-refractivity contribution in [1.29, 1.82) is 0 Å². The average Bonchev–Trinajstić information content (AvgIpc) is 3.02. The molecule has 6 heteroatoms. The van der Waals surface area contributed by atoms with Crippen LogP contribution in [0.25, 0.3) is 0 Å². The Morgan fingerprint density at radius 1 is 1.20 bits per heavy atom. The minimum absolute atomic E-state index is 0.111. The molecule has 2 N–H and O–H groups in total. The Hall–Kier alpha value is -1.92. The third-order valence-corrected chi connectivity index (χ3v) is 5.34. The molecule has 0 bridgehead atoms. The Balaban J connectivity index is 1.43. The van der Waals surface area contributed by atoms with E-state index < -0.39 is 11.6 Å². The molecule has 1 aliphatic heterocycles. The number of halogens is 2. The molecule has 2 aromatic carbocycles. The minimum atomic E-state index is -0.628.